The number of anilines is 1. The van der Waals surface area contributed by atoms with Crippen LogP contribution in [0.2, 0.25) is 0 Å². The number of imidazole rings is 1. The van der Waals surface area contributed by atoms with Gasteiger partial charge < -0.3 is 9.47 Å². The Morgan fingerprint density at radius 1 is 1.38 bits per heavy atom. The molecule has 0 N–H and O–H groups in total. The van der Waals surface area contributed by atoms with E-state index in [1.165, 1.54) is 11.8 Å². The third kappa shape index (κ3) is 3.11. The predicted molar refractivity (Wildman–Crippen MR) is 95.7 cm³/mol. The average Bonchev–Trinajstić information content (AvgIpc) is 3.19. The van der Waals surface area contributed by atoms with Crippen molar-refractivity contribution in [2.75, 3.05) is 11.4 Å². The molecule has 1 amide bonds. The zero-order valence-electron chi connectivity index (χ0n) is 14.2. The summed E-state index contributed by atoms with van der Waals surface area (Å²) in [6.07, 6.45) is 4.48. The summed E-state index contributed by atoms with van der Waals surface area (Å²) in [7, 11) is 0. The molecule has 0 fully saturated rings. The molecule has 0 aliphatic carbocycles. The second-order valence-electron chi connectivity index (χ2n) is 5.88. The number of aryl methyl sites for hydroxylation is 1. The molecule has 0 saturated carbocycles. The number of Topliss-reactive ketones (excluding diaryl/α,β-unsaturated/α-hetero) is 1. The molecule has 24 heavy (non-hydrogen) atoms. The van der Waals surface area contributed by atoms with Gasteiger partial charge in [-0.3, -0.25) is 9.59 Å². The van der Waals surface area contributed by atoms with E-state index in [1.807, 2.05) is 35.9 Å². The van der Waals surface area contributed by atoms with Crippen LogP contribution in [0.15, 0.2) is 35.7 Å². The number of hydrogen-bond acceptors (Lipinski definition) is 4. The van der Waals surface area contributed by atoms with Gasteiger partial charge in [-0.2, -0.15) is 0 Å². The maximum absolute atomic E-state index is 12.7. The second-order valence-corrected chi connectivity index (χ2v) is 7.19. The number of fused-ring (bicyclic) bond motifs is 1. The monoisotopic (exact) mass is 343 g/mol. The van der Waals surface area contributed by atoms with Gasteiger partial charge in [0.2, 0.25) is 5.91 Å². The molecule has 1 aromatic carbocycles. The molecular formula is C18H21N3O2S. The van der Waals surface area contributed by atoms with Crippen LogP contribution in [0, 0.1) is 0 Å². The number of carbonyl (C=O) groups excluding carboxylic acids is 2. The number of benzene rings is 1. The van der Waals surface area contributed by atoms with Gasteiger partial charge in [-0.1, -0.05) is 11.8 Å². The average molecular weight is 343 g/mol. The van der Waals surface area contributed by atoms with Gasteiger partial charge >= 0.3 is 0 Å². The standard InChI is InChI=1S/C18H21N3O2S/c1-4-20-10-8-19-18(20)24-12(2)17(23)15-5-6-16-14(11-15)7-9-21(16)13(3)22/h5-6,8,10-12H,4,7,9H2,1-3H3. The lowest BCUT2D eigenvalue weighted by atomic mass is 10.0. The smallest absolute Gasteiger partial charge is 0.223 e. The van der Waals surface area contributed by atoms with Crippen molar-refractivity contribution in [1.29, 1.82) is 0 Å². The Bertz CT molecular complexity index is 784. The number of thioether (sulfide) groups is 1. The van der Waals surface area contributed by atoms with E-state index in [0.29, 0.717) is 12.1 Å². The SMILES string of the molecule is CCn1ccnc1SC(C)C(=O)c1ccc2c(c1)CCN2C(C)=O. The molecule has 126 valence electrons. The van der Waals surface area contributed by atoms with Gasteiger partial charge in [0.1, 0.15) is 0 Å². The zero-order valence-corrected chi connectivity index (χ0v) is 15.0. The molecule has 5 nitrogen and oxygen atoms in total. The molecule has 0 saturated heterocycles. The van der Waals surface area contributed by atoms with Gasteiger partial charge in [-0.25, -0.2) is 4.98 Å². The van der Waals surface area contributed by atoms with Crippen molar-refractivity contribution < 1.29 is 9.59 Å². The number of hydrogen-bond donors (Lipinski definition) is 0. The Balaban J connectivity index is 1.77. The van der Waals surface area contributed by atoms with Crippen molar-refractivity contribution in [2.45, 2.75) is 44.1 Å². The molecule has 1 aliphatic heterocycles. The highest BCUT2D eigenvalue weighted by atomic mass is 32.2. The van der Waals surface area contributed by atoms with E-state index in [2.05, 4.69) is 11.9 Å². The summed E-state index contributed by atoms with van der Waals surface area (Å²) in [6, 6.07) is 5.65. The number of nitrogens with zero attached hydrogens (tertiary/aromatic N) is 3. The molecule has 0 bridgehead atoms. The van der Waals surface area contributed by atoms with Crippen LogP contribution < -0.4 is 4.90 Å². The minimum atomic E-state index is -0.207. The summed E-state index contributed by atoms with van der Waals surface area (Å²) >= 11 is 1.48. The van der Waals surface area contributed by atoms with Crippen molar-refractivity contribution in [2.24, 2.45) is 0 Å². The molecule has 1 unspecified atom stereocenters. The van der Waals surface area contributed by atoms with Crippen molar-refractivity contribution in [3.63, 3.8) is 0 Å². The van der Waals surface area contributed by atoms with Gasteiger partial charge in [-0.05, 0) is 44.0 Å². The first-order valence-corrected chi connectivity index (χ1v) is 9.02. The summed E-state index contributed by atoms with van der Waals surface area (Å²) in [5.74, 6) is 0.137. The lowest BCUT2D eigenvalue weighted by molar-refractivity contribution is -0.116. The molecule has 1 aliphatic rings. The highest BCUT2D eigenvalue weighted by molar-refractivity contribution is 8.00. The quantitative estimate of drug-likeness (QED) is 0.618. The van der Waals surface area contributed by atoms with Gasteiger partial charge in [-0.15, -0.1) is 0 Å². The van der Waals surface area contributed by atoms with E-state index in [4.69, 9.17) is 0 Å². The van der Waals surface area contributed by atoms with Crippen LogP contribution in [0.25, 0.3) is 0 Å². The van der Waals surface area contributed by atoms with Crippen LogP contribution in [-0.2, 0) is 17.8 Å². The number of aromatic nitrogens is 2. The van der Waals surface area contributed by atoms with Gasteiger partial charge in [0.25, 0.3) is 0 Å². The second kappa shape index (κ2) is 6.81. The molecule has 2 heterocycles. The van der Waals surface area contributed by atoms with Crippen LogP contribution in [-0.4, -0.2) is 33.0 Å². The van der Waals surface area contributed by atoms with Crippen LogP contribution in [0.1, 0.15) is 36.7 Å². The Hall–Kier alpha value is -2.08. The minimum Gasteiger partial charge on any atom is -0.326 e. The normalized spacial score (nSPS) is 14.5. The summed E-state index contributed by atoms with van der Waals surface area (Å²) in [5.41, 5.74) is 2.71. The number of ketones is 1. The fourth-order valence-corrected chi connectivity index (χ4v) is 3.99. The van der Waals surface area contributed by atoms with Crippen LogP contribution in [0.3, 0.4) is 0 Å². The zero-order chi connectivity index (χ0) is 17.3. The maximum Gasteiger partial charge on any atom is 0.223 e. The van der Waals surface area contributed by atoms with Crippen molar-refractivity contribution in [3.05, 3.63) is 41.7 Å². The fourth-order valence-electron chi connectivity index (χ4n) is 2.98. The molecule has 0 radical (unpaired) electrons. The molecule has 1 atom stereocenters. The van der Waals surface area contributed by atoms with Crippen LogP contribution >= 0.6 is 11.8 Å². The third-order valence-electron chi connectivity index (χ3n) is 4.31. The van der Waals surface area contributed by atoms with Crippen molar-refractivity contribution >= 4 is 29.1 Å². The first-order chi connectivity index (χ1) is 11.5. The molecular weight excluding hydrogens is 322 g/mol. The van der Waals surface area contributed by atoms with E-state index in [9.17, 15) is 9.59 Å². The Morgan fingerprint density at radius 3 is 2.88 bits per heavy atom. The first-order valence-electron chi connectivity index (χ1n) is 8.14. The highest BCUT2D eigenvalue weighted by Gasteiger charge is 2.25. The third-order valence-corrected chi connectivity index (χ3v) is 5.43. The minimum absolute atomic E-state index is 0.0446. The van der Waals surface area contributed by atoms with Gasteiger partial charge in [0.15, 0.2) is 10.9 Å². The van der Waals surface area contributed by atoms with Gasteiger partial charge in [0, 0.05) is 43.7 Å². The molecule has 2 aromatic rings. The van der Waals surface area contributed by atoms with E-state index in [-0.39, 0.29) is 16.9 Å². The first kappa shape index (κ1) is 16.8. The van der Waals surface area contributed by atoms with E-state index < -0.39 is 0 Å². The Kier molecular flexibility index (Phi) is 4.76. The van der Waals surface area contributed by atoms with Crippen LogP contribution in [0.5, 0.6) is 0 Å². The lowest BCUT2D eigenvalue weighted by Gasteiger charge is -2.15. The molecule has 0 spiro atoms. The number of carbonyl (C=O) groups is 2. The maximum atomic E-state index is 12.7. The highest BCUT2D eigenvalue weighted by Crippen LogP contribution is 2.31. The summed E-state index contributed by atoms with van der Waals surface area (Å²) in [6.45, 7) is 7.07. The topological polar surface area (TPSA) is 55.2 Å². The van der Waals surface area contributed by atoms with E-state index in [0.717, 1.165) is 29.4 Å². The lowest BCUT2D eigenvalue weighted by Crippen LogP contribution is -2.25. The van der Waals surface area contributed by atoms with E-state index in [1.54, 1.807) is 18.0 Å². The number of rotatable bonds is 5. The summed E-state index contributed by atoms with van der Waals surface area (Å²) in [5, 5.41) is 0.656. The van der Waals surface area contributed by atoms with Gasteiger partial charge in [0.05, 0.1) is 5.25 Å². The van der Waals surface area contributed by atoms with Crippen LogP contribution in [0.4, 0.5) is 5.69 Å². The molecule has 3 rings (SSSR count). The molecule has 1 aromatic heterocycles. The summed E-state index contributed by atoms with van der Waals surface area (Å²) in [4.78, 5) is 30.5. The van der Waals surface area contributed by atoms with E-state index >= 15 is 0 Å². The Morgan fingerprint density at radius 2 is 2.17 bits per heavy atom. The summed E-state index contributed by atoms with van der Waals surface area (Å²) < 4.78 is 2.03. The Labute approximate surface area is 146 Å². The van der Waals surface area contributed by atoms with Crippen molar-refractivity contribution in [3.8, 4) is 0 Å². The molecule has 6 heteroatoms. The predicted octanol–water partition coefficient (Wildman–Crippen LogP) is 3.18. The fraction of sp³-hybridized carbons (Fsp3) is 0.389. The number of amides is 1. The largest absolute Gasteiger partial charge is 0.326 e. The van der Waals surface area contributed by atoms with Crippen molar-refractivity contribution in [1.82, 2.24) is 9.55 Å².